The molecule has 4 heteroatoms. The summed E-state index contributed by atoms with van der Waals surface area (Å²) in [6.07, 6.45) is 2.61. The molecule has 11 heavy (non-hydrogen) atoms. The Kier molecular flexibility index (Phi) is 5.04. The van der Waals surface area contributed by atoms with Crippen molar-refractivity contribution in [3.8, 4) is 6.07 Å². The van der Waals surface area contributed by atoms with Gasteiger partial charge in [-0.2, -0.15) is 5.26 Å². The van der Waals surface area contributed by atoms with Gasteiger partial charge in [-0.25, -0.2) is 0 Å². The van der Waals surface area contributed by atoms with E-state index in [0.29, 0.717) is 12.8 Å². The van der Waals surface area contributed by atoms with E-state index >= 15 is 0 Å². The van der Waals surface area contributed by atoms with Crippen molar-refractivity contribution in [3.63, 3.8) is 0 Å². The fraction of sp³-hybridized carbons (Fsp3) is 0.857. The van der Waals surface area contributed by atoms with Crippen molar-refractivity contribution in [3.05, 3.63) is 0 Å². The summed E-state index contributed by atoms with van der Waals surface area (Å²) in [5, 5.41) is 8.14. The molecule has 0 saturated carbocycles. The number of hydrogen-bond donors (Lipinski definition) is 0. The van der Waals surface area contributed by atoms with Crippen LogP contribution in [0.1, 0.15) is 25.7 Å². The number of nitriles is 1. The number of hydrogen-bond acceptors (Lipinski definition) is 1. The first-order chi connectivity index (χ1) is 5.06. The lowest BCUT2D eigenvalue weighted by molar-refractivity contribution is 0.587. The highest BCUT2D eigenvalue weighted by Crippen LogP contribution is 2.17. The predicted molar refractivity (Wildman–Crippen MR) is 42.7 cm³/mol. The third kappa shape index (κ3) is 9.57. The summed E-state index contributed by atoms with van der Waals surface area (Å²) < 4.78 is 24.6. The Hall–Kier alpha value is -0.433. The van der Waals surface area contributed by atoms with E-state index in [1.54, 1.807) is 0 Å². The van der Waals surface area contributed by atoms with Gasteiger partial charge >= 0.3 is 8.74 Å². The Bertz CT molecular complexity index is 136. The van der Waals surface area contributed by atoms with Crippen molar-refractivity contribution in [2.24, 2.45) is 0 Å². The van der Waals surface area contributed by atoms with E-state index in [4.69, 9.17) is 5.26 Å². The van der Waals surface area contributed by atoms with Crippen molar-refractivity contribution in [2.75, 3.05) is 0 Å². The monoisotopic (exact) mass is 177 g/mol. The first-order valence-electron chi connectivity index (χ1n) is 3.81. The Balaban J connectivity index is 3.10. The molecular formula is C7H13F2NSi. The second-order valence-electron chi connectivity index (χ2n) is 2.79. The van der Waals surface area contributed by atoms with Crippen molar-refractivity contribution in [2.45, 2.75) is 38.3 Å². The molecule has 0 aliphatic rings. The lowest BCUT2D eigenvalue weighted by Crippen LogP contribution is -2.15. The maximum atomic E-state index is 12.3. The SMILES string of the molecule is C[Si](F)(F)CCCCCC#N. The van der Waals surface area contributed by atoms with E-state index in [0.717, 1.165) is 19.4 Å². The van der Waals surface area contributed by atoms with Gasteiger partial charge in [0.1, 0.15) is 0 Å². The summed E-state index contributed by atoms with van der Waals surface area (Å²) in [6, 6.07) is 2.07. The molecule has 0 atom stereocenters. The minimum Gasteiger partial charge on any atom is -0.271 e. The maximum absolute atomic E-state index is 12.3. The van der Waals surface area contributed by atoms with Crippen LogP contribution in [0.25, 0.3) is 0 Å². The molecule has 0 amide bonds. The van der Waals surface area contributed by atoms with Gasteiger partial charge in [-0.3, -0.25) is 8.22 Å². The highest BCUT2D eigenvalue weighted by molar-refractivity contribution is 6.64. The van der Waals surface area contributed by atoms with Crippen LogP contribution < -0.4 is 0 Å². The highest BCUT2D eigenvalue weighted by atomic mass is 28.4. The van der Waals surface area contributed by atoms with Gasteiger partial charge in [-0.05, 0) is 19.0 Å². The second-order valence-corrected chi connectivity index (χ2v) is 5.43. The van der Waals surface area contributed by atoms with Crippen LogP contribution in [0.5, 0.6) is 0 Å². The average Bonchev–Trinajstić information content (AvgIpc) is 1.85. The van der Waals surface area contributed by atoms with Crippen LogP contribution in [-0.2, 0) is 0 Å². The van der Waals surface area contributed by atoms with Crippen LogP contribution in [0.2, 0.25) is 12.6 Å². The van der Waals surface area contributed by atoms with E-state index in [1.165, 1.54) is 0 Å². The molecule has 64 valence electrons. The van der Waals surface area contributed by atoms with Gasteiger partial charge in [0.2, 0.25) is 0 Å². The van der Waals surface area contributed by atoms with Crippen LogP contribution in [0.15, 0.2) is 0 Å². The number of nitrogens with zero attached hydrogens (tertiary/aromatic N) is 1. The normalized spacial score (nSPS) is 11.1. The summed E-state index contributed by atoms with van der Waals surface area (Å²) >= 11 is 0. The summed E-state index contributed by atoms with van der Waals surface area (Å²) in [7, 11) is -3.80. The van der Waals surface area contributed by atoms with Gasteiger partial charge < -0.3 is 0 Å². The van der Waals surface area contributed by atoms with E-state index < -0.39 is 8.74 Å². The third-order valence-corrected chi connectivity index (χ3v) is 2.64. The van der Waals surface area contributed by atoms with E-state index in [-0.39, 0.29) is 6.04 Å². The molecular weight excluding hydrogens is 164 g/mol. The Morgan fingerprint density at radius 2 is 1.91 bits per heavy atom. The molecule has 0 N–H and O–H groups in total. The quantitative estimate of drug-likeness (QED) is 0.359. The molecule has 0 unspecified atom stereocenters. The lowest BCUT2D eigenvalue weighted by Gasteiger charge is -2.04. The summed E-state index contributed by atoms with van der Waals surface area (Å²) in [6.45, 7) is 1.07. The molecule has 0 spiro atoms. The van der Waals surface area contributed by atoms with Crippen LogP contribution >= 0.6 is 0 Å². The molecule has 0 aliphatic heterocycles. The number of rotatable bonds is 5. The van der Waals surface area contributed by atoms with E-state index in [9.17, 15) is 8.22 Å². The molecule has 0 radical (unpaired) electrons. The minimum absolute atomic E-state index is 0.0818. The van der Waals surface area contributed by atoms with Gasteiger partial charge in [-0.15, -0.1) is 0 Å². The first-order valence-corrected chi connectivity index (χ1v) is 6.27. The number of unbranched alkanes of at least 4 members (excludes halogenated alkanes) is 3. The second kappa shape index (κ2) is 5.25. The van der Waals surface area contributed by atoms with Gasteiger partial charge in [0.15, 0.2) is 0 Å². The fourth-order valence-electron chi connectivity index (χ4n) is 0.816. The molecule has 0 aliphatic carbocycles. The van der Waals surface area contributed by atoms with Gasteiger partial charge in [0.05, 0.1) is 6.07 Å². The maximum Gasteiger partial charge on any atom is 0.422 e. The predicted octanol–water partition coefficient (Wildman–Crippen LogP) is 3.08. The largest absolute Gasteiger partial charge is 0.422 e. The molecule has 0 aromatic rings. The molecule has 1 nitrogen and oxygen atoms in total. The van der Waals surface area contributed by atoms with Crippen LogP contribution in [-0.4, -0.2) is 8.74 Å². The molecule has 0 saturated heterocycles. The summed E-state index contributed by atoms with van der Waals surface area (Å²) in [4.78, 5) is 0. The van der Waals surface area contributed by atoms with E-state index in [1.807, 2.05) is 6.07 Å². The number of halogens is 2. The molecule has 0 rings (SSSR count). The van der Waals surface area contributed by atoms with Gasteiger partial charge in [0, 0.05) is 6.42 Å². The molecule has 0 fully saturated rings. The lowest BCUT2D eigenvalue weighted by atomic mass is 10.2. The zero-order chi connectivity index (χ0) is 8.74. The first kappa shape index (κ1) is 10.6. The third-order valence-electron chi connectivity index (χ3n) is 1.40. The minimum atomic E-state index is -3.80. The van der Waals surface area contributed by atoms with Crippen molar-refractivity contribution < 1.29 is 8.22 Å². The Morgan fingerprint density at radius 1 is 1.27 bits per heavy atom. The van der Waals surface area contributed by atoms with Crippen molar-refractivity contribution in [1.82, 2.24) is 0 Å². The van der Waals surface area contributed by atoms with E-state index in [2.05, 4.69) is 0 Å². The summed E-state index contributed by atoms with van der Waals surface area (Å²) in [5.74, 6) is 0. The fourth-order valence-corrected chi connectivity index (χ4v) is 1.69. The average molecular weight is 177 g/mol. The van der Waals surface area contributed by atoms with Crippen LogP contribution in [0.4, 0.5) is 8.22 Å². The Labute approximate surface area is 67.4 Å². The van der Waals surface area contributed by atoms with Crippen LogP contribution in [0.3, 0.4) is 0 Å². The molecule has 0 aromatic heterocycles. The standard InChI is InChI=1S/C7H13F2NSi/c1-11(8,9)7-5-3-2-4-6-10/h2-5,7H2,1H3. The Morgan fingerprint density at radius 3 is 2.36 bits per heavy atom. The topological polar surface area (TPSA) is 23.8 Å². The molecule has 0 bridgehead atoms. The van der Waals surface area contributed by atoms with Crippen molar-refractivity contribution >= 4 is 8.74 Å². The van der Waals surface area contributed by atoms with Crippen molar-refractivity contribution in [1.29, 1.82) is 5.26 Å². The zero-order valence-corrected chi connectivity index (χ0v) is 7.74. The molecule has 0 heterocycles. The smallest absolute Gasteiger partial charge is 0.271 e. The highest BCUT2D eigenvalue weighted by Gasteiger charge is 2.26. The van der Waals surface area contributed by atoms with Crippen LogP contribution in [0, 0.1) is 11.3 Å². The van der Waals surface area contributed by atoms with Gasteiger partial charge in [-0.1, -0.05) is 12.8 Å². The summed E-state index contributed by atoms with van der Waals surface area (Å²) in [5.41, 5.74) is 0. The zero-order valence-electron chi connectivity index (χ0n) is 6.74. The molecule has 0 aromatic carbocycles. The van der Waals surface area contributed by atoms with Gasteiger partial charge in [0.25, 0.3) is 0 Å².